The first-order valence-corrected chi connectivity index (χ1v) is 8.55. The summed E-state index contributed by atoms with van der Waals surface area (Å²) in [6.45, 7) is 3.68. The van der Waals surface area contributed by atoms with Crippen LogP contribution in [0.1, 0.15) is 25.5 Å². The van der Waals surface area contributed by atoms with Gasteiger partial charge in [0, 0.05) is 0 Å². The molecule has 1 atom stereocenters. The molecule has 0 unspecified atom stereocenters. The summed E-state index contributed by atoms with van der Waals surface area (Å²) in [6.07, 6.45) is 0. The number of carbonyl (C=O) groups is 1. The van der Waals surface area contributed by atoms with E-state index in [1.807, 2.05) is 50.2 Å². The number of hydrogen-bond donors (Lipinski definition) is 2. The molecule has 0 fully saturated rings. The van der Waals surface area contributed by atoms with Gasteiger partial charge in [0.2, 0.25) is 0 Å². The van der Waals surface area contributed by atoms with Crippen molar-refractivity contribution in [2.75, 3.05) is 12.4 Å². The summed E-state index contributed by atoms with van der Waals surface area (Å²) in [5.41, 5.74) is 0.671. The molecule has 26 heavy (non-hydrogen) atoms. The van der Waals surface area contributed by atoms with Crippen LogP contribution in [0.25, 0.3) is 10.8 Å². The Kier molecular flexibility index (Phi) is 4.85. The molecule has 0 aliphatic carbocycles. The summed E-state index contributed by atoms with van der Waals surface area (Å²) >= 11 is 0. The molecule has 0 saturated heterocycles. The summed E-state index contributed by atoms with van der Waals surface area (Å²) in [5.74, 6) is -0.183. The fourth-order valence-corrected chi connectivity index (χ4v) is 3.20. The monoisotopic (exact) mass is 349 g/mol. The molecule has 0 amide bonds. The Balaban J connectivity index is 2.09. The molecule has 3 rings (SSSR count). The standard InChI is InChI=1S/C22H23NO3/c1-22(2,21(25)26-3)20(23-18-10-6-7-11-19(18)24)17-13-12-15-8-4-5-9-16(15)14-17/h4-14,20,23-24H,1-3H3/t20-/m0/s1. The van der Waals surface area contributed by atoms with E-state index in [1.54, 1.807) is 18.2 Å². The highest BCUT2D eigenvalue weighted by Gasteiger charge is 2.39. The van der Waals surface area contributed by atoms with Gasteiger partial charge < -0.3 is 15.2 Å². The van der Waals surface area contributed by atoms with Crippen LogP contribution >= 0.6 is 0 Å². The van der Waals surface area contributed by atoms with Crippen LogP contribution in [-0.2, 0) is 9.53 Å². The molecule has 2 N–H and O–H groups in total. The van der Waals surface area contributed by atoms with E-state index < -0.39 is 5.41 Å². The van der Waals surface area contributed by atoms with Gasteiger partial charge >= 0.3 is 5.97 Å². The van der Waals surface area contributed by atoms with Crippen molar-refractivity contribution in [2.45, 2.75) is 19.9 Å². The molecule has 4 heteroatoms. The molecule has 134 valence electrons. The maximum absolute atomic E-state index is 12.5. The van der Waals surface area contributed by atoms with E-state index in [-0.39, 0.29) is 17.8 Å². The number of phenolic OH excluding ortho intramolecular Hbond substituents is 1. The number of rotatable bonds is 5. The highest BCUT2D eigenvalue weighted by atomic mass is 16.5. The number of aromatic hydroxyl groups is 1. The first-order valence-electron chi connectivity index (χ1n) is 8.55. The third-order valence-electron chi connectivity index (χ3n) is 4.74. The van der Waals surface area contributed by atoms with E-state index in [2.05, 4.69) is 17.4 Å². The maximum atomic E-state index is 12.5. The predicted molar refractivity (Wildman–Crippen MR) is 104 cm³/mol. The average molecular weight is 349 g/mol. The summed E-state index contributed by atoms with van der Waals surface area (Å²) in [5, 5.41) is 15.7. The third kappa shape index (κ3) is 3.36. The van der Waals surface area contributed by atoms with Crippen molar-refractivity contribution in [1.29, 1.82) is 0 Å². The molecular formula is C22H23NO3. The maximum Gasteiger partial charge on any atom is 0.313 e. The van der Waals surface area contributed by atoms with Crippen LogP contribution in [-0.4, -0.2) is 18.2 Å². The van der Waals surface area contributed by atoms with E-state index >= 15 is 0 Å². The van der Waals surface area contributed by atoms with Gasteiger partial charge in [-0.05, 0) is 48.4 Å². The minimum absolute atomic E-state index is 0.138. The number of nitrogens with one attached hydrogen (secondary N) is 1. The van der Waals surface area contributed by atoms with Crippen molar-refractivity contribution in [2.24, 2.45) is 5.41 Å². The van der Waals surface area contributed by atoms with Gasteiger partial charge in [-0.3, -0.25) is 4.79 Å². The van der Waals surface area contributed by atoms with Gasteiger partial charge in [0.15, 0.2) is 0 Å². The van der Waals surface area contributed by atoms with Crippen molar-refractivity contribution in [3.05, 3.63) is 72.3 Å². The second-order valence-corrected chi connectivity index (χ2v) is 6.91. The molecule has 0 saturated carbocycles. The topological polar surface area (TPSA) is 58.6 Å². The van der Waals surface area contributed by atoms with Gasteiger partial charge in [0.1, 0.15) is 5.75 Å². The van der Waals surface area contributed by atoms with Gasteiger partial charge in [-0.1, -0.05) is 48.5 Å². The Bertz CT molecular complexity index is 933. The highest BCUT2D eigenvalue weighted by molar-refractivity contribution is 5.84. The molecule has 0 aliphatic heterocycles. The molecular weight excluding hydrogens is 326 g/mol. The Morgan fingerprint density at radius 2 is 1.65 bits per heavy atom. The quantitative estimate of drug-likeness (QED) is 0.508. The Morgan fingerprint density at radius 1 is 1.00 bits per heavy atom. The summed E-state index contributed by atoms with van der Waals surface area (Å²) < 4.78 is 5.03. The molecule has 0 aromatic heterocycles. The van der Waals surface area contributed by atoms with Crippen LogP contribution < -0.4 is 5.32 Å². The van der Waals surface area contributed by atoms with Crippen molar-refractivity contribution in [1.82, 2.24) is 0 Å². The molecule has 0 spiro atoms. The molecule has 3 aromatic carbocycles. The fraction of sp³-hybridized carbons (Fsp3) is 0.227. The molecule has 0 radical (unpaired) electrons. The van der Waals surface area contributed by atoms with E-state index in [1.165, 1.54) is 7.11 Å². The van der Waals surface area contributed by atoms with Crippen LogP contribution in [0, 0.1) is 5.41 Å². The lowest BCUT2D eigenvalue weighted by Crippen LogP contribution is -2.36. The number of hydrogen-bond acceptors (Lipinski definition) is 4. The minimum atomic E-state index is -0.848. The zero-order valence-corrected chi connectivity index (χ0v) is 15.2. The number of ether oxygens (including phenoxy) is 1. The van der Waals surface area contributed by atoms with Gasteiger partial charge in [-0.2, -0.15) is 0 Å². The lowest BCUT2D eigenvalue weighted by atomic mass is 9.79. The zero-order chi connectivity index (χ0) is 18.7. The van der Waals surface area contributed by atoms with E-state index in [0.29, 0.717) is 5.69 Å². The van der Waals surface area contributed by atoms with Crippen LogP contribution in [0.4, 0.5) is 5.69 Å². The van der Waals surface area contributed by atoms with Crippen LogP contribution in [0.2, 0.25) is 0 Å². The Hall–Kier alpha value is -3.01. The second kappa shape index (κ2) is 7.08. The van der Waals surface area contributed by atoms with Crippen LogP contribution in [0.15, 0.2) is 66.7 Å². The number of methoxy groups -OCH3 is 1. The van der Waals surface area contributed by atoms with Crippen molar-refractivity contribution < 1.29 is 14.6 Å². The smallest absolute Gasteiger partial charge is 0.313 e. The lowest BCUT2D eigenvalue weighted by Gasteiger charge is -2.34. The van der Waals surface area contributed by atoms with Crippen molar-refractivity contribution >= 4 is 22.4 Å². The highest BCUT2D eigenvalue weighted by Crippen LogP contribution is 2.40. The van der Waals surface area contributed by atoms with E-state index in [4.69, 9.17) is 4.74 Å². The first kappa shape index (κ1) is 17.8. The van der Waals surface area contributed by atoms with E-state index in [9.17, 15) is 9.90 Å². The van der Waals surface area contributed by atoms with Crippen LogP contribution in [0.3, 0.4) is 0 Å². The molecule has 0 heterocycles. The number of anilines is 1. The van der Waals surface area contributed by atoms with Crippen molar-refractivity contribution in [3.63, 3.8) is 0 Å². The number of phenols is 1. The fourth-order valence-electron chi connectivity index (χ4n) is 3.20. The largest absolute Gasteiger partial charge is 0.506 e. The van der Waals surface area contributed by atoms with Gasteiger partial charge in [0.05, 0.1) is 24.3 Å². The number of para-hydroxylation sites is 2. The zero-order valence-electron chi connectivity index (χ0n) is 15.2. The number of esters is 1. The molecule has 4 nitrogen and oxygen atoms in total. The van der Waals surface area contributed by atoms with Gasteiger partial charge in [-0.15, -0.1) is 0 Å². The Labute approximate surface area is 153 Å². The molecule has 0 bridgehead atoms. The second-order valence-electron chi connectivity index (χ2n) is 6.91. The lowest BCUT2D eigenvalue weighted by molar-refractivity contribution is -0.151. The Morgan fingerprint density at radius 3 is 2.35 bits per heavy atom. The van der Waals surface area contributed by atoms with Crippen molar-refractivity contribution in [3.8, 4) is 5.75 Å². The summed E-state index contributed by atoms with van der Waals surface area (Å²) in [6, 6.07) is 20.8. The van der Waals surface area contributed by atoms with Gasteiger partial charge in [-0.25, -0.2) is 0 Å². The average Bonchev–Trinajstić information content (AvgIpc) is 2.66. The molecule has 0 aliphatic rings. The number of benzene rings is 3. The van der Waals surface area contributed by atoms with Gasteiger partial charge in [0.25, 0.3) is 0 Å². The number of fused-ring (bicyclic) bond motifs is 1. The van der Waals surface area contributed by atoms with Crippen LogP contribution in [0.5, 0.6) is 5.75 Å². The summed E-state index contributed by atoms with van der Waals surface area (Å²) in [4.78, 5) is 12.5. The minimum Gasteiger partial charge on any atom is -0.506 e. The SMILES string of the molecule is COC(=O)C(C)(C)[C@@H](Nc1ccccc1O)c1ccc2ccccc2c1. The summed E-state index contributed by atoms with van der Waals surface area (Å²) in [7, 11) is 1.39. The number of carbonyl (C=O) groups excluding carboxylic acids is 1. The van der Waals surface area contributed by atoms with E-state index in [0.717, 1.165) is 16.3 Å². The first-order chi connectivity index (χ1) is 12.4. The normalized spacial score (nSPS) is 12.6. The third-order valence-corrected chi connectivity index (χ3v) is 4.74. The predicted octanol–water partition coefficient (Wildman–Crippen LogP) is 4.90. The molecule has 3 aromatic rings.